The van der Waals surface area contributed by atoms with E-state index in [0.29, 0.717) is 0 Å². The average molecular weight is 251 g/mol. The van der Waals surface area contributed by atoms with Gasteiger partial charge in [-0.25, -0.2) is 0 Å². The molecule has 1 aromatic rings. The van der Waals surface area contributed by atoms with Crippen LogP contribution >= 0.6 is 11.6 Å². The van der Waals surface area contributed by atoms with Gasteiger partial charge in [0.1, 0.15) is 0 Å². The second-order valence-corrected chi connectivity index (χ2v) is 5.37. The number of aryl methyl sites for hydroxylation is 1. The van der Waals surface area contributed by atoms with Crippen molar-refractivity contribution in [2.75, 3.05) is 18.4 Å². The van der Waals surface area contributed by atoms with Gasteiger partial charge in [-0.15, -0.1) is 0 Å². The Kier molecular flexibility index (Phi) is 2.42. The van der Waals surface area contributed by atoms with E-state index in [1.165, 1.54) is 0 Å². The third-order valence-corrected chi connectivity index (χ3v) is 4.16. The summed E-state index contributed by atoms with van der Waals surface area (Å²) in [6.07, 6.45) is 1.71. The minimum absolute atomic E-state index is 0.138. The van der Waals surface area contributed by atoms with Crippen LogP contribution in [0.25, 0.3) is 0 Å². The molecule has 0 saturated carbocycles. The molecule has 2 heterocycles. The molecule has 1 spiro atoms. The minimum Gasteiger partial charge on any atom is -0.325 e. The highest BCUT2D eigenvalue weighted by Crippen LogP contribution is 2.46. The standard InChI is InChI=1S/C13H15ClN2O/c1-8-6-9(14)7-10-11(8)16-12(17)13(10)2-4-15-5-3-13/h6-7,15H,2-5H2,1H3,(H,16,17). The zero-order chi connectivity index (χ0) is 12.0. The molecule has 2 N–H and O–H groups in total. The average Bonchev–Trinajstić information content (AvgIpc) is 2.56. The molecule has 0 atom stereocenters. The van der Waals surface area contributed by atoms with Crippen LogP contribution in [0.1, 0.15) is 24.0 Å². The number of carbonyl (C=O) groups excluding carboxylic acids is 1. The fourth-order valence-electron chi connectivity index (χ4n) is 2.99. The highest BCUT2D eigenvalue weighted by atomic mass is 35.5. The Hall–Kier alpha value is -1.06. The second kappa shape index (κ2) is 3.72. The summed E-state index contributed by atoms with van der Waals surface area (Å²) in [5.74, 6) is 0.138. The van der Waals surface area contributed by atoms with Crippen LogP contribution in [0.2, 0.25) is 5.02 Å². The molecule has 2 aliphatic rings. The molecule has 4 heteroatoms. The molecule has 1 aromatic carbocycles. The number of anilines is 1. The quantitative estimate of drug-likeness (QED) is 0.741. The van der Waals surface area contributed by atoms with Gasteiger partial charge >= 0.3 is 0 Å². The van der Waals surface area contributed by atoms with Crippen molar-refractivity contribution in [3.8, 4) is 0 Å². The largest absolute Gasteiger partial charge is 0.325 e. The molecule has 1 fully saturated rings. The fourth-order valence-corrected chi connectivity index (χ4v) is 3.26. The monoisotopic (exact) mass is 250 g/mol. The van der Waals surface area contributed by atoms with Gasteiger partial charge in [-0.1, -0.05) is 11.6 Å². The van der Waals surface area contributed by atoms with E-state index in [9.17, 15) is 4.79 Å². The molecule has 3 nitrogen and oxygen atoms in total. The molecule has 0 bridgehead atoms. The van der Waals surface area contributed by atoms with Crippen molar-refractivity contribution in [2.45, 2.75) is 25.2 Å². The van der Waals surface area contributed by atoms with Gasteiger partial charge < -0.3 is 10.6 Å². The molecule has 0 aliphatic carbocycles. The number of carbonyl (C=O) groups is 1. The Bertz CT molecular complexity index is 492. The first-order valence-corrected chi connectivity index (χ1v) is 6.34. The van der Waals surface area contributed by atoms with Crippen LogP contribution in [0.5, 0.6) is 0 Å². The van der Waals surface area contributed by atoms with Gasteiger partial charge in [0.05, 0.1) is 5.41 Å². The van der Waals surface area contributed by atoms with Gasteiger partial charge in [-0.2, -0.15) is 0 Å². The van der Waals surface area contributed by atoms with Crippen molar-refractivity contribution in [2.24, 2.45) is 0 Å². The summed E-state index contributed by atoms with van der Waals surface area (Å²) >= 11 is 6.12. The van der Waals surface area contributed by atoms with E-state index in [1.54, 1.807) is 0 Å². The molecule has 0 unspecified atom stereocenters. The summed E-state index contributed by atoms with van der Waals surface area (Å²) in [6, 6.07) is 3.86. The SMILES string of the molecule is Cc1cc(Cl)cc2c1NC(=O)C21CCNCC1. The van der Waals surface area contributed by atoms with E-state index >= 15 is 0 Å². The zero-order valence-electron chi connectivity index (χ0n) is 9.77. The Labute approximate surface area is 106 Å². The number of hydrogen-bond donors (Lipinski definition) is 2. The number of rotatable bonds is 0. The summed E-state index contributed by atoms with van der Waals surface area (Å²) in [5, 5.41) is 7.05. The molecule has 90 valence electrons. The van der Waals surface area contributed by atoms with E-state index in [2.05, 4.69) is 10.6 Å². The van der Waals surface area contributed by atoms with E-state index in [0.717, 1.165) is 47.8 Å². The van der Waals surface area contributed by atoms with Crippen LogP contribution in [0.15, 0.2) is 12.1 Å². The molecule has 17 heavy (non-hydrogen) atoms. The molecule has 1 amide bonds. The first kappa shape index (κ1) is 11.1. The lowest BCUT2D eigenvalue weighted by Crippen LogP contribution is -2.44. The van der Waals surface area contributed by atoms with Crippen LogP contribution in [0.3, 0.4) is 0 Å². The van der Waals surface area contributed by atoms with E-state index in [-0.39, 0.29) is 11.3 Å². The van der Waals surface area contributed by atoms with Crippen molar-refractivity contribution in [1.82, 2.24) is 5.32 Å². The van der Waals surface area contributed by atoms with Gasteiger partial charge in [0, 0.05) is 10.7 Å². The number of nitrogens with one attached hydrogen (secondary N) is 2. The lowest BCUT2D eigenvalue weighted by Gasteiger charge is -2.32. The molecule has 2 aliphatic heterocycles. The van der Waals surface area contributed by atoms with Gasteiger partial charge in [-0.05, 0) is 56.1 Å². The van der Waals surface area contributed by atoms with Crippen LogP contribution in [-0.4, -0.2) is 19.0 Å². The number of halogens is 1. The number of hydrogen-bond acceptors (Lipinski definition) is 2. The smallest absolute Gasteiger partial charge is 0.235 e. The van der Waals surface area contributed by atoms with Crippen LogP contribution in [0, 0.1) is 6.92 Å². The minimum atomic E-state index is -0.351. The fraction of sp³-hybridized carbons (Fsp3) is 0.462. The number of benzene rings is 1. The molecular formula is C13H15ClN2O. The maximum Gasteiger partial charge on any atom is 0.235 e. The third kappa shape index (κ3) is 1.49. The first-order chi connectivity index (χ1) is 8.13. The van der Waals surface area contributed by atoms with E-state index < -0.39 is 0 Å². The summed E-state index contributed by atoms with van der Waals surface area (Å²) in [6.45, 7) is 3.77. The molecule has 1 saturated heterocycles. The first-order valence-electron chi connectivity index (χ1n) is 5.96. The predicted molar refractivity (Wildman–Crippen MR) is 68.6 cm³/mol. The second-order valence-electron chi connectivity index (χ2n) is 4.93. The Morgan fingerprint density at radius 3 is 2.71 bits per heavy atom. The van der Waals surface area contributed by atoms with Gasteiger partial charge in [0.25, 0.3) is 0 Å². The Morgan fingerprint density at radius 2 is 2.00 bits per heavy atom. The van der Waals surface area contributed by atoms with E-state index in [1.807, 2.05) is 19.1 Å². The molecule has 0 radical (unpaired) electrons. The third-order valence-electron chi connectivity index (χ3n) is 3.95. The maximum atomic E-state index is 12.3. The van der Waals surface area contributed by atoms with Crippen molar-refractivity contribution >= 4 is 23.2 Å². The van der Waals surface area contributed by atoms with Gasteiger partial charge in [0.15, 0.2) is 0 Å². The predicted octanol–water partition coefficient (Wildman–Crippen LogP) is 2.22. The molecule has 0 aromatic heterocycles. The lowest BCUT2D eigenvalue weighted by molar-refractivity contribution is -0.121. The highest BCUT2D eigenvalue weighted by molar-refractivity contribution is 6.31. The number of fused-ring (bicyclic) bond motifs is 2. The highest BCUT2D eigenvalue weighted by Gasteiger charge is 2.47. The van der Waals surface area contributed by atoms with Crippen molar-refractivity contribution in [1.29, 1.82) is 0 Å². The van der Waals surface area contributed by atoms with Crippen LogP contribution < -0.4 is 10.6 Å². The molecule has 3 rings (SSSR count). The summed E-state index contributed by atoms with van der Waals surface area (Å²) in [5.41, 5.74) is 2.77. The van der Waals surface area contributed by atoms with Gasteiger partial charge in [0.2, 0.25) is 5.91 Å². The lowest BCUT2D eigenvalue weighted by atomic mass is 9.74. The summed E-state index contributed by atoms with van der Waals surface area (Å²) < 4.78 is 0. The number of amides is 1. The van der Waals surface area contributed by atoms with Crippen molar-refractivity contribution in [3.63, 3.8) is 0 Å². The summed E-state index contributed by atoms with van der Waals surface area (Å²) in [7, 11) is 0. The maximum absolute atomic E-state index is 12.3. The Morgan fingerprint density at radius 1 is 1.29 bits per heavy atom. The van der Waals surface area contributed by atoms with Gasteiger partial charge in [-0.3, -0.25) is 4.79 Å². The summed E-state index contributed by atoms with van der Waals surface area (Å²) in [4.78, 5) is 12.3. The molecular weight excluding hydrogens is 236 g/mol. The van der Waals surface area contributed by atoms with Crippen molar-refractivity contribution < 1.29 is 4.79 Å². The zero-order valence-corrected chi connectivity index (χ0v) is 10.5. The van der Waals surface area contributed by atoms with Crippen LogP contribution in [0.4, 0.5) is 5.69 Å². The number of piperidine rings is 1. The van der Waals surface area contributed by atoms with Crippen molar-refractivity contribution in [3.05, 3.63) is 28.3 Å². The Balaban J connectivity index is 2.18. The van der Waals surface area contributed by atoms with E-state index in [4.69, 9.17) is 11.6 Å². The topological polar surface area (TPSA) is 41.1 Å². The van der Waals surface area contributed by atoms with Crippen LogP contribution in [-0.2, 0) is 10.2 Å². The normalized spacial score (nSPS) is 21.4.